The van der Waals surface area contributed by atoms with E-state index >= 15 is 0 Å². The summed E-state index contributed by atoms with van der Waals surface area (Å²) in [5.41, 5.74) is 6.23. The van der Waals surface area contributed by atoms with Crippen LogP contribution in [-0.2, 0) is 10.9 Å². The molecule has 0 spiro atoms. The molecule has 0 radical (unpaired) electrons. The maximum Gasteiger partial charge on any atom is 0.417 e. The largest absolute Gasteiger partial charge is 0.417 e. The van der Waals surface area contributed by atoms with E-state index in [0.29, 0.717) is 49.2 Å². The van der Waals surface area contributed by atoms with Crippen molar-refractivity contribution >= 4 is 17.2 Å². The number of nitrogens with one attached hydrogen (secondary N) is 3. The number of amides is 1. The number of nitrogens with zero attached hydrogens (tertiary/aromatic N) is 4. The lowest BCUT2D eigenvalue weighted by atomic mass is 10.0. The molecular formula is C23H22F3N7O2. The average molecular weight is 485 g/mol. The first-order valence-electron chi connectivity index (χ1n) is 10.9. The van der Waals surface area contributed by atoms with E-state index < -0.39 is 17.6 Å². The number of benzene rings is 1. The Morgan fingerprint density at radius 3 is 2.69 bits per heavy atom. The predicted octanol–water partition coefficient (Wildman–Crippen LogP) is 2.75. The SMILES string of the molecule is Cc1nc2c(N3CCOCC3)cc(-c3ccccc3C(F)(F)F)nn2c1C(=O)NC1=CC=CNN1. The molecule has 5 rings (SSSR count). The highest BCUT2D eigenvalue weighted by Crippen LogP contribution is 2.38. The Kier molecular flexibility index (Phi) is 5.81. The molecule has 3 N–H and O–H groups in total. The fraction of sp³-hybridized carbons (Fsp3) is 0.261. The van der Waals surface area contributed by atoms with Crippen molar-refractivity contribution in [3.8, 4) is 11.3 Å². The van der Waals surface area contributed by atoms with Crippen LogP contribution in [0.2, 0.25) is 0 Å². The van der Waals surface area contributed by atoms with E-state index in [4.69, 9.17) is 4.74 Å². The van der Waals surface area contributed by atoms with Crippen LogP contribution in [0.25, 0.3) is 16.9 Å². The minimum atomic E-state index is -4.57. The van der Waals surface area contributed by atoms with Gasteiger partial charge in [-0.05, 0) is 31.2 Å². The maximum absolute atomic E-state index is 13.8. The zero-order chi connectivity index (χ0) is 24.6. The molecule has 9 nitrogen and oxygen atoms in total. The molecule has 2 aromatic heterocycles. The molecule has 1 amide bonds. The van der Waals surface area contributed by atoms with Gasteiger partial charge in [-0.25, -0.2) is 9.50 Å². The van der Waals surface area contributed by atoms with Crippen LogP contribution in [0.4, 0.5) is 18.9 Å². The van der Waals surface area contributed by atoms with Gasteiger partial charge in [0.05, 0.1) is 35.9 Å². The first kappa shape index (κ1) is 22.7. The van der Waals surface area contributed by atoms with Gasteiger partial charge in [-0.1, -0.05) is 18.2 Å². The third-order valence-corrected chi connectivity index (χ3v) is 5.71. The molecule has 0 unspecified atom stereocenters. The zero-order valence-electron chi connectivity index (χ0n) is 18.7. The Labute approximate surface area is 198 Å². The van der Waals surface area contributed by atoms with E-state index in [1.165, 1.54) is 22.7 Å². The second-order valence-electron chi connectivity index (χ2n) is 8.00. The molecule has 35 heavy (non-hydrogen) atoms. The monoisotopic (exact) mass is 485 g/mol. The van der Waals surface area contributed by atoms with E-state index in [9.17, 15) is 18.0 Å². The molecule has 12 heteroatoms. The van der Waals surface area contributed by atoms with Crippen molar-refractivity contribution in [3.05, 3.63) is 71.5 Å². The lowest BCUT2D eigenvalue weighted by molar-refractivity contribution is -0.137. The Balaban J connectivity index is 1.69. The predicted molar refractivity (Wildman–Crippen MR) is 122 cm³/mol. The summed E-state index contributed by atoms with van der Waals surface area (Å²) >= 11 is 0. The summed E-state index contributed by atoms with van der Waals surface area (Å²) in [6.45, 7) is 3.66. The minimum Gasteiger partial charge on any atom is -0.378 e. The average Bonchev–Trinajstić information content (AvgIpc) is 3.20. The molecule has 1 fully saturated rings. The number of morpholine rings is 1. The van der Waals surface area contributed by atoms with Crippen LogP contribution in [0.3, 0.4) is 0 Å². The van der Waals surface area contributed by atoms with Crippen molar-refractivity contribution in [2.24, 2.45) is 0 Å². The standard InChI is InChI=1S/C23H22F3N7O2/c1-14-20(22(34)29-19-7-4-8-27-30-19)33-21(28-14)18(32-9-11-35-12-10-32)13-17(31-33)15-5-2-3-6-16(15)23(24,25)26/h2-8,13,27,30H,9-12H2,1H3,(H,29,34). The highest BCUT2D eigenvalue weighted by Gasteiger charge is 2.34. The number of imidazole rings is 1. The number of aryl methyl sites for hydroxylation is 1. The van der Waals surface area contributed by atoms with Gasteiger partial charge in [-0.15, -0.1) is 0 Å². The van der Waals surface area contributed by atoms with Crippen LogP contribution < -0.4 is 21.1 Å². The molecular weight excluding hydrogens is 463 g/mol. The number of allylic oxidation sites excluding steroid dienone is 2. The van der Waals surface area contributed by atoms with E-state index in [1.807, 2.05) is 4.90 Å². The number of anilines is 1. The molecule has 2 aliphatic heterocycles. The van der Waals surface area contributed by atoms with Crippen molar-refractivity contribution in [1.29, 1.82) is 0 Å². The Hall–Kier alpha value is -4.06. The number of hydrazine groups is 1. The second kappa shape index (κ2) is 8.95. The molecule has 3 aromatic rings. The number of halogens is 3. The summed E-state index contributed by atoms with van der Waals surface area (Å²) in [5, 5.41) is 7.21. The molecule has 182 valence electrons. The topological polar surface area (TPSA) is 95.8 Å². The third-order valence-electron chi connectivity index (χ3n) is 5.71. The molecule has 1 saturated heterocycles. The van der Waals surface area contributed by atoms with E-state index in [2.05, 4.69) is 26.3 Å². The van der Waals surface area contributed by atoms with Crippen LogP contribution in [0.15, 0.2) is 54.5 Å². The van der Waals surface area contributed by atoms with Crippen LogP contribution in [-0.4, -0.2) is 46.8 Å². The van der Waals surface area contributed by atoms with Crippen LogP contribution in [0.1, 0.15) is 21.7 Å². The molecule has 0 aliphatic carbocycles. The van der Waals surface area contributed by atoms with Gasteiger partial charge in [-0.3, -0.25) is 10.2 Å². The number of hydrogen-bond acceptors (Lipinski definition) is 7. The quantitative estimate of drug-likeness (QED) is 0.523. The van der Waals surface area contributed by atoms with Crippen molar-refractivity contribution in [1.82, 2.24) is 30.8 Å². The normalized spacial score (nSPS) is 16.0. The molecule has 2 aliphatic rings. The number of ether oxygens (including phenoxy) is 1. The van der Waals surface area contributed by atoms with E-state index in [-0.39, 0.29) is 17.0 Å². The number of alkyl halides is 3. The van der Waals surface area contributed by atoms with Crippen LogP contribution in [0.5, 0.6) is 0 Å². The zero-order valence-corrected chi connectivity index (χ0v) is 18.7. The summed E-state index contributed by atoms with van der Waals surface area (Å²) < 4.78 is 48.2. The molecule has 1 aromatic carbocycles. The molecule has 0 atom stereocenters. The highest BCUT2D eigenvalue weighted by atomic mass is 19.4. The lowest BCUT2D eigenvalue weighted by Gasteiger charge is -2.29. The smallest absolute Gasteiger partial charge is 0.378 e. The van der Waals surface area contributed by atoms with Crippen molar-refractivity contribution in [2.75, 3.05) is 31.2 Å². The van der Waals surface area contributed by atoms with Gasteiger partial charge in [-0.2, -0.15) is 18.3 Å². The van der Waals surface area contributed by atoms with Gasteiger partial charge in [0.1, 0.15) is 5.82 Å². The van der Waals surface area contributed by atoms with Gasteiger partial charge in [0.25, 0.3) is 5.91 Å². The fourth-order valence-corrected chi connectivity index (χ4v) is 4.10. The number of fused-ring (bicyclic) bond motifs is 1. The van der Waals surface area contributed by atoms with Crippen LogP contribution >= 0.6 is 0 Å². The summed E-state index contributed by atoms with van der Waals surface area (Å²) in [6.07, 6.45) is 0.436. The number of rotatable bonds is 4. The third kappa shape index (κ3) is 4.39. The van der Waals surface area contributed by atoms with E-state index in [0.717, 1.165) is 6.07 Å². The second-order valence-corrected chi connectivity index (χ2v) is 8.00. The van der Waals surface area contributed by atoms with Crippen molar-refractivity contribution < 1.29 is 22.7 Å². The Morgan fingerprint density at radius 1 is 1.20 bits per heavy atom. The summed E-state index contributed by atoms with van der Waals surface area (Å²) in [7, 11) is 0. The molecule has 4 heterocycles. The lowest BCUT2D eigenvalue weighted by Crippen LogP contribution is -2.39. The number of hydrogen-bond donors (Lipinski definition) is 3. The Morgan fingerprint density at radius 2 is 1.97 bits per heavy atom. The van der Waals surface area contributed by atoms with Crippen molar-refractivity contribution in [2.45, 2.75) is 13.1 Å². The number of aromatic nitrogens is 3. The number of carbonyl (C=O) groups is 1. The summed E-state index contributed by atoms with van der Waals surface area (Å²) in [5.74, 6) is -0.105. The minimum absolute atomic E-state index is 0.0815. The first-order valence-corrected chi connectivity index (χ1v) is 10.9. The van der Waals surface area contributed by atoms with Gasteiger partial charge in [0, 0.05) is 24.9 Å². The van der Waals surface area contributed by atoms with Gasteiger partial charge < -0.3 is 20.4 Å². The van der Waals surface area contributed by atoms with Crippen LogP contribution in [0, 0.1) is 6.92 Å². The van der Waals surface area contributed by atoms with Gasteiger partial charge in [0.15, 0.2) is 11.3 Å². The van der Waals surface area contributed by atoms with Gasteiger partial charge >= 0.3 is 6.18 Å². The molecule has 0 bridgehead atoms. The maximum atomic E-state index is 13.8. The summed E-state index contributed by atoms with van der Waals surface area (Å²) in [4.78, 5) is 19.8. The highest BCUT2D eigenvalue weighted by molar-refractivity contribution is 5.96. The fourth-order valence-electron chi connectivity index (χ4n) is 4.10. The van der Waals surface area contributed by atoms with Gasteiger partial charge in [0.2, 0.25) is 0 Å². The summed E-state index contributed by atoms with van der Waals surface area (Å²) in [6, 6.07) is 6.85. The van der Waals surface area contributed by atoms with E-state index in [1.54, 1.807) is 31.3 Å². The number of carbonyl (C=O) groups excluding carboxylic acids is 1. The first-order chi connectivity index (χ1) is 16.8. The Bertz CT molecular complexity index is 1340. The molecule has 0 saturated carbocycles. The van der Waals surface area contributed by atoms with Crippen molar-refractivity contribution in [3.63, 3.8) is 0 Å².